The summed E-state index contributed by atoms with van der Waals surface area (Å²) in [5, 5.41) is 0. The zero-order valence-electron chi connectivity index (χ0n) is 14.9. The second-order valence-corrected chi connectivity index (χ2v) is 6.21. The Kier molecular flexibility index (Phi) is 7.23. The van der Waals surface area contributed by atoms with Crippen LogP contribution in [0.25, 0.3) is 0 Å². The monoisotopic (exact) mass is 323 g/mol. The van der Waals surface area contributed by atoms with E-state index in [1.54, 1.807) is 0 Å². The topological polar surface area (TPSA) is 12.5 Å². The van der Waals surface area contributed by atoms with Crippen LogP contribution >= 0.6 is 0 Å². The fourth-order valence-corrected chi connectivity index (χ4v) is 3.05. The highest BCUT2D eigenvalue weighted by Gasteiger charge is 2.35. The Balaban J connectivity index is 2.41. The molecule has 0 aliphatic heterocycles. The van der Waals surface area contributed by atoms with Gasteiger partial charge in [-0.3, -0.25) is 0 Å². The van der Waals surface area contributed by atoms with Crippen LogP contribution in [0.1, 0.15) is 30.9 Å². The van der Waals surface area contributed by atoms with Gasteiger partial charge in [-0.05, 0) is 31.0 Å². The average molecular weight is 323 g/mol. The molecule has 2 aromatic rings. The van der Waals surface area contributed by atoms with Gasteiger partial charge in [-0.1, -0.05) is 73.7 Å². The van der Waals surface area contributed by atoms with Crippen LogP contribution in [0, 0.1) is 0 Å². The summed E-state index contributed by atoms with van der Waals surface area (Å²) in [6, 6.07) is 21.2. The minimum absolute atomic E-state index is 0.409. The minimum Gasteiger partial charge on any atom is -0.366 e. The van der Waals surface area contributed by atoms with E-state index < -0.39 is 5.60 Å². The molecule has 128 valence electrons. The lowest BCUT2D eigenvalue weighted by Crippen LogP contribution is -2.36. The number of ether oxygens (including phenoxy) is 1. The van der Waals surface area contributed by atoms with Gasteiger partial charge in [-0.25, -0.2) is 0 Å². The summed E-state index contributed by atoms with van der Waals surface area (Å²) in [6.07, 6.45) is 3.86. The standard InChI is InChI=1S/C22H29NO/c1-4-17-23(3)18-16-22(24-19-5-2,20-12-8-6-9-13-20)21-14-10-7-11-15-21/h4,6-15H,1,5,16-19H2,2-3H3. The second-order valence-electron chi connectivity index (χ2n) is 6.21. The maximum absolute atomic E-state index is 6.53. The molecule has 2 heteroatoms. The predicted molar refractivity (Wildman–Crippen MR) is 102 cm³/mol. The van der Waals surface area contributed by atoms with Gasteiger partial charge in [0.25, 0.3) is 0 Å². The lowest BCUT2D eigenvalue weighted by atomic mass is 9.83. The molecule has 2 aromatic carbocycles. The molecule has 0 amide bonds. The zero-order valence-corrected chi connectivity index (χ0v) is 14.9. The third-order valence-electron chi connectivity index (χ3n) is 4.32. The Bertz CT molecular complexity index is 554. The van der Waals surface area contributed by atoms with Gasteiger partial charge in [0, 0.05) is 19.7 Å². The lowest BCUT2D eigenvalue weighted by molar-refractivity contribution is -0.0288. The van der Waals surface area contributed by atoms with E-state index in [4.69, 9.17) is 4.74 Å². The fourth-order valence-electron chi connectivity index (χ4n) is 3.05. The van der Waals surface area contributed by atoms with E-state index in [0.29, 0.717) is 0 Å². The maximum Gasteiger partial charge on any atom is 0.119 e. The van der Waals surface area contributed by atoms with Crippen LogP contribution in [0.5, 0.6) is 0 Å². The molecule has 0 saturated heterocycles. The first-order valence-electron chi connectivity index (χ1n) is 8.77. The Labute approximate surface area is 146 Å². The molecule has 0 saturated carbocycles. The number of benzene rings is 2. The molecular formula is C22H29NO. The molecule has 0 aromatic heterocycles. The van der Waals surface area contributed by atoms with E-state index in [0.717, 1.165) is 32.5 Å². The van der Waals surface area contributed by atoms with Crippen LogP contribution in [0.15, 0.2) is 73.3 Å². The largest absolute Gasteiger partial charge is 0.366 e. The van der Waals surface area contributed by atoms with Gasteiger partial charge >= 0.3 is 0 Å². The summed E-state index contributed by atoms with van der Waals surface area (Å²) in [5.41, 5.74) is 2.03. The molecule has 0 N–H and O–H groups in total. The van der Waals surface area contributed by atoms with Crippen molar-refractivity contribution >= 4 is 0 Å². The summed E-state index contributed by atoms with van der Waals surface area (Å²) in [5.74, 6) is 0. The van der Waals surface area contributed by atoms with Gasteiger partial charge in [0.05, 0.1) is 0 Å². The number of rotatable bonds is 10. The molecule has 0 aliphatic rings. The lowest BCUT2D eigenvalue weighted by Gasteiger charge is -2.36. The SMILES string of the molecule is C=CCN(C)CCC(OCCC)(c1ccccc1)c1ccccc1. The number of likely N-dealkylation sites (N-methyl/N-ethyl adjacent to an activating group) is 1. The van der Waals surface area contributed by atoms with Crippen LogP contribution in [0.2, 0.25) is 0 Å². The van der Waals surface area contributed by atoms with Crippen LogP contribution in [0.3, 0.4) is 0 Å². The molecule has 0 bridgehead atoms. The van der Waals surface area contributed by atoms with Gasteiger partial charge in [-0.15, -0.1) is 6.58 Å². The van der Waals surface area contributed by atoms with Crippen molar-refractivity contribution in [2.24, 2.45) is 0 Å². The molecule has 0 fully saturated rings. The molecule has 0 heterocycles. The van der Waals surface area contributed by atoms with Gasteiger partial charge in [0.15, 0.2) is 0 Å². The fraction of sp³-hybridized carbons (Fsp3) is 0.364. The zero-order chi connectivity index (χ0) is 17.3. The molecule has 24 heavy (non-hydrogen) atoms. The van der Waals surface area contributed by atoms with Gasteiger partial charge in [-0.2, -0.15) is 0 Å². The third kappa shape index (κ3) is 4.56. The van der Waals surface area contributed by atoms with Crippen molar-refractivity contribution in [3.63, 3.8) is 0 Å². The highest BCUT2D eigenvalue weighted by atomic mass is 16.5. The first-order chi connectivity index (χ1) is 11.7. The van der Waals surface area contributed by atoms with Crippen molar-refractivity contribution in [2.45, 2.75) is 25.4 Å². The molecule has 0 radical (unpaired) electrons. The van der Waals surface area contributed by atoms with E-state index in [9.17, 15) is 0 Å². The summed E-state index contributed by atoms with van der Waals surface area (Å²) in [7, 11) is 2.13. The van der Waals surface area contributed by atoms with E-state index in [1.807, 2.05) is 6.08 Å². The highest BCUT2D eigenvalue weighted by Crippen LogP contribution is 2.37. The smallest absolute Gasteiger partial charge is 0.119 e. The van der Waals surface area contributed by atoms with Crippen LogP contribution < -0.4 is 0 Å². The first-order valence-corrected chi connectivity index (χ1v) is 8.77. The average Bonchev–Trinajstić information content (AvgIpc) is 2.64. The Morgan fingerprint density at radius 1 is 1.00 bits per heavy atom. The molecule has 0 aliphatic carbocycles. The number of hydrogen-bond acceptors (Lipinski definition) is 2. The molecule has 0 spiro atoms. The quantitative estimate of drug-likeness (QED) is 0.579. The first kappa shape index (κ1) is 18.4. The van der Waals surface area contributed by atoms with Crippen molar-refractivity contribution in [3.8, 4) is 0 Å². The Morgan fingerprint density at radius 2 is 1.54 bits per heavy atom. The summed E-state index contributed by atoms with van der Waals surface area (Å²) >= 11 is 0. The number of nitrogens with zero attached hydrogens (tertiary/aromatic N) is 1. The van der Waals surface area contributed by atoms with Gasteiger partial charge < -0.3 is 9.64 Å². The van der Waals surface area contributed by atoms with E-state index in [2.05, 4.69) is 86.1 Å². The van der Waals surface area contributed by atoms with Gasteiger partial charge in [0.1, 0.15) is 5.60 Å². The van der Waals surface area contributed by atoms with Crippen molar-refractivity contribution in [1.29, 1.82) is 0 Å². The third-order valence-corrected chi connectivity index (χ3v) is 4.32. The second kappa shape index (κ2) is 9.41. The molecular weight excluding hydrogens is 294 g/mol. The summed E-state index contributed by atoms with van der Waals surface area (Å²) < 4.78 is 6.53. The summed E-state index contributed by atoms with van der Waals surface area (Å²) in [6.45, 7) is 8.57. The molecule has 0 atom stereocenters. The number of hydrogen-bond donors (Lipinski definition) is 0. The van der Waals surface area contributed by atoms with Gasteiger partial charge in [0.2, 0.25) is 0 Å². The van der Waals surface area contributed by atoms with Crippen LogP contribution in [0.4, 0.5) is 0 Å². The molecule has 2 rings (SSSR count). The summed E-state index contributed by atoms with van der Waals surface area (Å²) in [4.78, 5) is 2.28. The van der Waals surface area contributed by atoms with Crippen molar-refractivity contribution in [2.75, 3.05) is 26.7 Å². The van der Waals surface area contributed by atoms with E-state index in [-0.39, 0.29) is 0 Å². The minimum atomic E-state index is -0.409. The normalized spacial score (nSPS) is 11.6. The van der Waals surface area contributed by atoms with Crippen molar-refractivity contribution in [1.82, 2.24) is 4.90 Å². The Morgan fingerprint density at radius 3 is 2.00 bits per heavy atom. The van der Waals surface area contributed by atoms with Crippen LogP contribution in [-0.4, -0.2) is 31.6 Å². The van der Waals surface area contributed by atoms with Crippen molar-refractivity contribution < 1.29 is 4.74 Å². The van der Waals surface area contributed by atoms with E-state index in [1.165, 1.54) is 11.1 Å². The van der Waals surface area contributed by atoms with Crippen LogP contribution in [-0.2, 0) is 10.3 Å². The predicted octanol–water partition coefficient (Wildman–Crippen LogP) is 4.86. The van der Waals surface area contributed by atoms with E-state index >= 15 is 0 Å². The molecule has 2 nitrogen and oxygen atoms in total. The highest BCUT2D eigenvalue weighted by molar-refractivity contribution is 5.36. The Hall–Kier alpha value is -1.90. The molecule has 0 unspecified atom stereocenters. The van der Waals surface area contributed by atoms with Crippen molar-refractivity contribution in [3.05, 3.63) is 84.4 Å². The maximum atomic E-state index is 6.53.